The number of carboxylic acid groups (broad SMARTS) is 1. The van der Waals surface area contributed by atoms with Crippen LogP contribution >= 0.6 is 0 Å². The molecule has 2 atom stereocenters. The zero-order valence-corrected chi connectivity index (χ0v) is 16.0. The standard InChI is InChI=1S/C17H23N3O6S/c1-19(2)14-7-8-20(10-11(14)3-6-16(21)22)27(24,25)12-4-5-13-15(9-12)26-17(23)18-13/h4-5,9,11,14H,3,6-8,10H2,1-2H3,(H,18,23)(H,21,22)/t11-,14+/m1/s1. The van der Waals surface area contributed by atoms with Crippen molar-refractivity contribution < 1.29 is 22.7 Å². The van der Waals surface area contributed by atoms with Crippen molar-refractivity contribution in [1.29, 1.82) is 0 Å². The van der Waals surface area contributed by atoms with E-state index in [1.165, 1.54) is 22.5 Å². The van der Waals surface area contributed by atoms with E-state index in [0.29, 0.717) is 24.9 Å². The molecule has 0 saturated carbocycles. The molecule has 0 aliphatic carbocycles. The predicted molar refractivity (Wildman–Crippen MR) is 98.0 cm³/mol. The number of nitrogens with one attached hydrogen (secondary N) is 1. The topological polar surface area (TPSA) is 124 Å². The van der Waals surface area contributed by atoms with Gasteiger partial charge in [0, 0.05) is 31.6 Å². The molecule has 2 heterocycles. The summed E-state index contributed by atoms with van der Waals surface area (Å²) in [6.45, 7) is 0.609. The Morgan fingerprint density at radius 3 is 2.81 bits per heavy atom. The Hall–Kier alpha value is -2.17. The van der Waals surface area contributed by atoms with Gasteiger partial charge in [-0.1, -0.05) is 0 Å². The lowest BCUT2D eigenvalue weighted by molar-refractivity contribution is -0.137. The summed E-state index contributed by atoms with van der Waals surface area (Å²) in [5, 5.41) is 8.99. The smallest absolute Gasteiger partial charge is 0.417 e. The van der Waals surface area contributed by atoms with Gasteiger partial charge in [-0.15, -0.1) is 0 Å². The monoisotopic (exact) mass is 397 g/mol. The molecule has 2 N–H and O–H groups in total. The Balaban J connectivity index is 1.86. The molecule has 1 aromatic heterocycles. The number of piperidine rings is 1. The minimum atomic E-state index is -3.77. The number of hydrogen-bond acceptors (Lipinski definition) is 6. The van der Waals surface area contributed by atoms with E-state index < -0.39 is 21.7 Å². The number of sulfonamides is 1. The highest BCUT2D eigenvalue weighted by atomic mass is 32.2. The maximum atomic E-state index is 13.1. The van der Waals surface area contributed by atoms with Crippen molar-refractivity contribution in [3.63, 3.8) is 0 Å². The fourth-order valence-electron chi connectivity index (χ4n) is 3.71. The largest absolute Gasteiger partial charge is 0.481 e. The molecule has 1 fully saturated rings. The van der Waals surface area contributed by atoms with Crippen molar-refractivity contribution in [2.24, 2.45) is 5.92 Å². The van der Waals surface area contributed by atoms with Crippen LogP contribution in [-0.4, -0.2) is 66.9 Å². The van der Waals surface area contributed by atoms with Gasteiger partial charge in [-0.25, -0.2) is 13.2 Å². The second-order valence-corrected chi connectivity index (χ2v) is 8.99. The minimum absolute atomic E-state index is 0.00333. The first kappa shape index (κ1) is 19.6. The van der Waals surface area contributed by atoms with Crippen LogP contribution in [0, 0.1) is 5.92 Å². The summed E-state index contributed by atoms with van der Waals surface area (Å²) < 4.78 is 32.5. The van der Waals surface area contributed by atoms with Gasteiger partial charge in [0.05, 0.1) is 10.4 Å². The molecule has 0 spiro atoms. The lowest BCUT2D eigenvalue weighted by Gasteiger charge is -2.40. The first-order valence-electron chi connectivity index (χ1n) is 8.69. The molecule has 148 valence electrons. The van der Waals surface area contributed by atoms with Gasteiger partial charge in [0.15, 0.2) is 5.58 Å². The normalized spacial score (nSPS) is 21.7. The minimum Gasteiger partial charge on any atom is -0.481 e. The van der Waals surface area contributed by atoms with E-state index in [9.17, 15) is 18.0 Å². The number of aromatic nitrogens is 1. The maximum Gasteiger partial charge on any atom is 0.417 e. The number of carboxylic acids is 1. The summed E-state index contributed by atoms with van der Waals surface area (Å²) in [5.74, 6) is -1.60. The molecule has 0 amide bonds. The van der Waals surface area contributed by atoms with Crippen LogP contribution in [0.25, 0.3) is 11.1 Å². The number of benzene rings is 1. The number of oxazole rings is 1. The van der Waals surface area contributed by atoms with Crippen molar-refractivity contribution in [1.82, 2.24) is 14.2 Å². The Kier molecular flexibility index (Phi) is 5.41. The zero-order chi connectivity index (χ0) is 19.8. The SMILES string of the molecule is CN(C)[C@H]1CCN(S(=O)(=O)c2ccc3[nH]c(=O)oc3c2)C[C@H]1CCC(=O)O. The molecule has 0 bridgehead atoms. The third kappa shape index (κ3) is 4.07. The lowest BCUT2D eigenvalue weighted by Crippen LogP contribution is -2.50. The van der Waals surface area contributed by atoms with Crippen LogP contribution in [0.4, 0.5) is 0 Å². The zero-order valence-electron chi connectivity index (χ0n) is 15.2. The molecule has 1 aliphatic rings. The van der Waals surface area contributed by atoms with Crippen LogP contribution in [-0.2, 0) is 14.8 Å². The molecule has 2 aromatic rings. The number of fused-ring (bicyclic) bond motifs is 1. The average Bonchev–Trinajstić information content (AvgIpc) is 2.98. The van der Waals surface area contributed by atoms with E-state index >= 15 is 0 Å². The van der Waals surface area contributed by atoms with Crippen molar-refractivity contribution in [2.45, 2.75) is 30.2 Å². The van der Waals surface area contributed by atoms with Crippen LogP contribution < -0.4 is 5.76 Å². The quantitative estimate of drug-likeness (QED) is 0.743. The highest BCUT2D eigenvalue weighted by Crippen LogP contribution is 2.29. The molecule has 0 unspecified atom stereocenters. The van der Waals surface area contributed by atoms with E-state index in [4.69, 9.17) is 9.52 Å². The van der Waals surface area contributed by atoms with Gasteiger partial charge >= 0.3 is 11.7 Å². The van der Waals surface area contributed by atoms with E-state index in [1.54, 1.807) is 0 Å². The van der Waals surface area contributed by atoms with Crippen molar-refractivity contribution >= 4 is 27.1 Å². The molecule has 1 aliphatic heterocycles. The van der Waals surface area contributed by atoms with Crippen LogP contribution in [0.15, 0.2) is 32.3 Å². The first-order valence-corrected chi connectivity index (χ1v) is 10.1. The highest BCUT2D eigenvalue weighted by Gasteiger charge is 2.36. The molecular weight excluding hydrogens is 374 g/mol. The van der Waals surface area contributed by atoms with E-state index in [1.807, 2.05) is 19.0 Å². The summed E-state index contributed by atoms with van der Waals surface area (Å²) in [5.41, 5.74) is 0.622. The van der Waals surface area contributed by atoms with Gasteiger partial charge in [-0.05, 0) is 45.0 Å². The number of rotatable bonds is 6. The number of carbonyl (C=O) groups is 1. The van der Waals surface area contributed by atoms with Gasteiger partial charge in [-0.2, -0.15) is 4.31 Å². The van der Waals surface area contributed by atoms with Gasteiger partial charge < -0.3 is 14.4 Å². The average molecular weight is 397 g/mol. The number of H-pyrrole nitrogens is 1. The third-order valence-corrected chi connectivity index (χ3v) is 6.94. The fraction of sp³-hybridized carbons (Fsp3) is 0.529. The number of hydrogen-bond donors (Lipinski definition) is 2. The summed E-state index contributed by atoms with van der Waals surface area (Å²) in [7, 11) is 0.0688. The van der Waals surface area contributed by atoms with Crippen LogP contribution in [0.3, 0.4) is 0 Å². The Bertz CT molecular complexity index is 994. The van der Waals surface area contributed by atoms with E-state index in [-0.39, 0.29) is 35.4 Å². The summed E-state index contributed by atoms with van der Waals surface area (Å²) in [6.07, 6.45) is 1.04. The highest BCUT2D eigenvalue weighted by molar-refractivity contribution is 7.89. The first-order chi connectivity index (χ1) is 12.7. The number of aromatic amines is 1. The van der Waals surface area contributed by atoms with Crippen molar-refractivity contribution in [3.8, 4) is 0 Å². The molecule has 0 radical (unpaired) electrons. The Morgan fingerprint density at radius 2 is 2.15 bits per heavy atom. The second kappa shape index (κ2) is 7.45. The summed E-state index contributed by atoms with van der Waals surface area (Å²) in [4.78, 5) is 26.8. The van der Waals surface area contributed by atoms with Gasteiger partial charge in [0.2, 0.25) is 10.0 Å². The Labute approximate surface area is 156 Å². The summed E-state index contributed by atoms with van der Waals surface area (Å²) in [6, 6.07) is 4.41. The fourth-order valence-corrected chi connectivity index (χ4v) is 5.24. The summed E-state index contributed by atoms with van der Waals surface area (Å²) >= 11 is 0. The predicted octanol–water partition coefficient (Wildman–Crippen LogP) is 0.927. The molecule has 9 nitrogen and oxygen atoms in total. The Morgan fingerprint density at radius 1 is 1.41 bits per heavy atom. The third-order valence-electron chi connectivity index (χ3n) is 5.08. The van der Waals surface area contributed by atoms with Crippen LogP contribution in [0.5, 0.6) is 0 Å². The van der Waals surface area contributed by atoms with Gasteiger partial charge in [-0.3, -0.25) is 9.78 Å². The molecule has 27 heavy (non-hydrogen) atoms. The molecule has 10 heteroatoms. The second-order valence-electron chi connectivity index (χ2n) is 7.05. The molecular formula is C17H23N3O6S. The molecule has 3 rings (SSSR count). The lowest BCUT2D eigenvalue weighted by atomic mass is 9.88. The van der Waals surface area contributed by atoms with Crippen molar-refractivity contribution in [2.75, 3.05) is 27.2 Å². The van der Waals surface area contributed by atoms with E-state index in [0.717, 1.165) is 0 Å². The van der Waals surface area contributed by atoms with E-state index in [2.05, 4.69) is 4.98 Å². The number of nitrogens with zero attached hydrogens (tertiary/aromatic N) is 2. The molecule has 1 aromatic carbocycles. The van der Waals surface area contributed by atoms with Crippen LogP contribution in [0.2, 0.25) is 0 Å². The number of aliphatic carboxylic acids is 1. The van der Waals surface area contributed by atoms with Gasteiger partial charge in [0.25, 0.3) is 0 Å². The van der Waals surface area contributed by atoms with Crippen molar-refractivity contribution in [3.05, 3.63) is 28.7 Å². The van der Waals surface area contributed by atoms with Gasteiger partial charge in [0.1, 0.15) is 0 Å². The molecule has 1 saturated heterocycles. The maximum absolute atomic E-state index is 13.1. The van der Waals surface area contributed by atoms with Crippen LogP contribution in [0.1, 0.15) is 19.3 Å².